The summed E-state index contributed by atoms with van der Waals surface area (Å²) in [5.41, 5.74) is 7.49. The van der Waals surface area contributed by atoms with E-state index in [0.717, 1.165) is 12.5 Å². The summed E-state index contributed by atoms with van der Waals surface area (Å²) in [6.45, 7) is 1.77. The van der Waals surface area contributed by atoms with E-state index in [0.29, 0.717) is 61.2 Å². The fourth-order valence-corrected chi connectivity index (χ4v) is 4.36. The van der Waals surface area contributed by atoms with Crippen LogP contribution in [0.3, 0.4) is 0 Å². The van der Waals surface area contributed by atoms with Gasteiger partial charge in [0.05, 0.1) is 18.3 Å². The van der Waals surface area contributed by atoms with E-state index in [1.807, 2.05) is 15.9 Å². The lowest BCUT2D eigenvalue weighted by atomic mass is 10.0. The second kappa shape index (κ2) is 7.77. The van der Waals surface area contributed by atoms with Crippen LogP contribution in [0, 0.1) is 11.6 Å². The standard InChI is InChI=1S/C21H23F2N7O/c22-13-3-4-16(23)15(10-13)18-2-1-7-29(18)19-6-9-30-20(27-19)17(11-25-30)26-21(24)28-8-5-14(31)12-28/h3-4,6,9-11,14,18,31H,1-2,5,7-8,12H2,(H2,24,26)/t14-,18+/m0/s1. The number of likely N-dealkylation sites (tertiary alicyclic amines) is 1. The van der Waals surface area contributed by atoms with Gasteiger partial charge in [-0.1, -0.05) is 0 Å². The first-order valence-electron chi connectivity index (χ1n) is 10.3. The molecule has 2 atom stereocenters. The highest BCUT2D eigenvalue weighted by Crippen LogP contribution is 2.37. The van der Waals surface area contributed by atoms with Gasteiger partial charge < -0.3 is 20.6 Å². The van der Waals surface area contributed by atoms with Crippen molar-refractivity contribution in [1.82, 2.24) is 19.5 Å². The van der Waals surface area contributed by atoms with E-state index >= 15 is 0 Å². The minimum Gasteiger partial charge on any atom is -0.391 e. The molecule has 2 aliphatic rings. The Hall–Kier alpha value is -3.27. The van der Waals surface area contributed by atoms with E-state index in [2.05, 4.69) is 10.1 Å². The number of aromatic nitrogens is 3. The first kappa shape index (κ1) is 19.7. The van der Waals surface area contributed by atoms with Crippen molar-refractivity contribution in [1.29, 1.82) is 0 Å². The smallest absolute Gasteiger partial charge is 0.196 e. The average molecular weight is 427 g/mol. The summed E-state index contributed by atoms with van der Waals surface area (Å²) in [6, 6.07) is 5.07. The molecule has 2 saturated heterocycles. The molecule has 0 unspecified atom stereocenters. The maximum absolute atomic E-state index is 14.4. The molecule has 4 heterocycles. The molecule has 1 aromatic carbocycles. The Morgan fingerprint density at radius 1 is 1.19 bits per heavy atom. The molecule has 0 spiro atoms. The molecule has 2 aromatic heterocycles. The van der Waals surface area contributed by atoms with Crippen LogP contribution in [-0.4, -0.2) is 56.3 Å². The first-order chi connectivity index (χ1) is 15.0. The van der Waals surface area contributed by atoms with E-state index in [9.17, 15) is 13.9 Å². The SMILES string of the molecule is NC(=Nc1cnn2ccc(N3CCC[C@@H]3c3cc(F)ccc3F)nc12)N1CC[C@H](O)C1. The van der Waals surface area contributed by atoms with Gasteiger partial charge in [0.25, 0.3) is 0 Å². The fourth-order valence-electron chi connectivity index (χ4n) is 4.36. The molecule has 5 rings (SSSR count). The molecule has 2 fully saturated rings. The van der Waals surface area contributed by atoms with Crippen molar-refractivity contribution in [3.63, 3.8) is 0 Å². The number of nitrogens with two attached hydrogens (primary N) is 1. The molecule has 0 radical (unpaired) electrons. The summed E-state index contributed by atoms with van der Waals surface area (Å²) >= 11 is 0. The van der Waals surface area contributed by atoms with Crippen LogP contribution < -0.4 is 10.6 Å². The van der Waals surface area contributed by atoms with Gasteiger partial charge in [-0.2, -0.15) is 5.10 Å². The van der Waals surface area contributed by atoms with Crippen molar-refractivity contribution in [2.75, 3.05) is 24.5 Å². The minimum absolute atomic E-state index is 0.295. The van der Waals surface area contributed by atoms with Gasteiger partial charge >= 0.3 is 0 Å². The number of hydrogen-bond donors (Lipinski definition) is 2. The number of halogens is 2. The maximum Gasteiger partial charge on any atom is 0.196 e. The fraction of sp³-hybridized carbons (Fsp3) is 0.381. The molecule has 0 aliphatic carbocycles. The number of hydrogen-bond acceptors (Lipinski definition) is 5. The summed E-state index contributed by atoms with van der Waals surface area (Å²) in [5, 5.41) is 14.0. The number of aliphatic hydroxyl groups excluding tert-OH is 1. The van der Waals surface area contributed by atoms with Gasteiger partial charge in [0, 0.05) is 31.4 Å². The molecular weight excluding hydrogens is 404 g/mol. The van der Waals surface area contributed by atoms with Crippen LogP contribution in [0.2, 0.25) is 0 Å². The third-order valence-corrected chi connectivity index (χ3v) is 5.92. The quantitative estimate of drug-likeness (QED) is 0.492. The van der Waals surface area contributed by atoms with E-state index in [1.54, 1.807) is 16.9 Å². The van der Waals surface area contributed by atoms with E-state index in [-0.39, 0.29) is 6.04 Å². The third-order valence-electron chi connectivity index (χ3n) is 5.92. The third kappa shape index (κ3) is 3.67. The van der Waals surface area contributed by atoms with Crippen LogP contribution in [-0.2, 0) is 0 Å². The zero-order chi connectivity index (χ0) is 21.5. The van der Waals surface area contributed by atoms with Gasteiger partial charge in [-0.3, -0.25) is 0 Å². The highest BCUT2D eigenvalue weighted by Gasteiger charge is 2.30. The van der Waals surface area contributed by atoms with Gasteiger partial charge in [-0.15, -0.1) is 0 Å². The Morgan fingerprint density at radius 3 is 2.87 bits per heavy atom. The lowest BCUT2D eigenvalue weighted by molar-refractivity contribution is 0.188. The van der Waals surface area contributed by atoms with E-state index in [4.69, 9.17) is 10.7 Å². The van der Waals surface area contributed by atoms with Crippen LogP contribution in [0.4, 0.5) is 20.3 Å². The number of fused-ring (bicyclic) bond motifs is 1. The number of anilines is 1. The number of rotatable bonds is 3. The highest BCUT2D eigenvalue weighted by molar-refractivity contribution is 5.84. The van der Waals surface area contributed by atoms with Crippen molar-refractivity contribution in [2.24, 2.45) is 10.7 Å². The van der Waals surface area contributed by atoms with Gasteiger partial charge in [-0.05, 0) is 43.5 Å². The molecule has 0 saturated carbocycles. The van der Waals surface area contributed by atoms with Crippen LogP contribution in [0.15, 0.2) is 41.7 Å². The summed E-state index contributed by atoms with van der Waals surface area (Å²) in [6.07, 6.45) is 5.16. The molecule has 2 aliphatic heterocycles. The number of aliphatic imine (C=N–C) groups is 1. The van der Waals surface area contributed by atoms with Crippen LogP contribution in [0.25, 0.3) is 5.65 Å². The van der Waals surface area contributed by atoms with Gasteiger partial charge in [0.15, 0.2) is 11.6 Å². The maximum atomic E-state index is 14.4. The Labute approximate surface area is 177 Å². The predicted octanol–water partition coefficient (Wildman–Crippen LogP) is 2.36. The predicted molar refractivity (Wildman–Crippen MR) is 112 cm³/mol. The Kier molecular flexibility index (Phi) is 4.93. The van der Waals surface area contributed by atoms with E-state index in [1.165, 1.54) is 12.1 Å². The number of aliphatic hydroxyl groups is 1. The Bertz CT molecular complexity index is 1150. The zero-order valence-electron chi connectivity index (χ0n) is 16.8. The minimum atomic E-state index is -0.457. The number of benzene rings is 1. The van der Waals surface area contributed by atoms with Crippen molar-refractivity contribution in [3.05, 3.63) is 53.9 Å². The van der Waals surface area contributed by atoms with Crippen molar-refractivity contribution >= 4 is 23.1 Å². The van der Waals surface area contributed by atoms with E-state index < -0.39 is 17.7 Å². The normalized spacial score (nSPS) is 22.1. The van der Waals surface area contributed by atoms with Crippen LogP contribution in [0.1, 0.15) is 30.9 Å². The summed E-state index contributed by atoms with van der Waals surface area (Å²) in [5.74, 6) is 0.0708. The number of β-amino-alcohol motifs (C(OH)–C–C–N with tert-alkyl or cyclic N) is 1. The first-order valence-corrected chi connectivity index (χ1v) is 10.3. The van der Waals surface area contributed by atoms with Gasteiger partial charge in [0.2, 0.25) is 0 Å². The number of guanidine groups is 1. The molecule has 0 bridgehead atoms. The van der Waals surface area contributed by atoms with Gasteiger partial charge in [-0.25, -0.2) is 23.3 Å². The Morgan fingerprint density at radius 2 is 2.06 bits per heavy atom. The highest BCUT2D eigenvalue weighted by atomic mass is 19.1. The molecule has 3 N–H and O–H groups in total. The second-order valence-electron chi connectivity index (χ2n) is 7.96. The Balaban J connectivity index is 1.48. The average Bonchev–Trinajstić information content (AvgIpc) is 3.49. The number of nitrogens with zero attached hydrogens (tertiary/aromatic N) is 6. The molecule has 3 aromatic rings. The lowest BCUT2D eigenvalue weighted by Crippen LogP contribution is -2.35. The lowest BCUT2D eigenvalue weighted by Gasteiger charge is -2.26. The molecule has 8 nitrogen and oxygen atoms in total. The van der Waals surface area contributed by atoms with Crippen molar-refractivity contribution in [2.45, 2.75) is 31.4 Å². The summed E-state index contributed by atoms with van der Waals surface area (Å²) < 4.78 is 29.8. The summed E-state index contributed by atoms with van der Waals surface area (Å²) in [4.78, 5) is 13.0. The summed E-state index contributed by atoms with van der Waals surface area (Å²) in [7, 11) is 0. The van der Waals surface area contributed by atoms with Crippen molar-refractivity contribution < 1.29 is 13.9 Å². The van der Waals surface area contributed by atoms with Crippen LogP contribution in [0.5, 0.6) is 0 Å². The largest absolute Gasteiger partial charge is 0.391 e. The van der Waals surface area contributed by atoms with Crippen molar-refractivity contribution in [3.8, 4) is 0 Å². The molecule has 31 heavy (non-hydrogen) atoms. The zero-order valence-corrected chi connectivity index (χ0v) is 16.8. The van der Waals surface area contributed by atoms with Gasteiger partial charge in [0.1, 0.15) is 23.1 Å². The monoisotopic (exact) mass is 427 g/mol. The molecule has 10 heteroatoms. The second-order valence-corrected chi connectivity index (χ2v) is 7.96. The molecule has 0 amide bonds. The van der Waals surface area contributed by atoms with Crippen LogP contribution >= 0.6 is 0 Å². The topological polar surface area (TPSA) is 95.3 Å². The molecular formula is C21H23F2N7O. The molecule has 162 valence electrons.